The van der Waals surface area contributed by atoms with Gasteiger partial charge in [-0.25, -0.2) is 4.79 Å². The summed E-state index contributed by atoms with van der Waals surface area (Å²) in [5.41, 5.74) is 0. The SMILES string of the molecule is COC(=O)N1CCCN(C(=O)C(C)C)CC1. The van der Waals surface area contributed by atoms with Crippen LogP contribution in [0.1, 0.15) is 20.3 Å². The maximum atomic E-state index is 11.8. The van der Waals surface area contributed by atoms with Crippen LogP contribution in [-0.4, -0.2) is 55.1 Å². The number of methoxy groups -OCH3 is 1. The van der Waals surface area contributed by atoms with Crippen LogP contribution in [0.25, 0.3) is 0 Å². The lowest BCUT2D eigenvalue weighted by molar-refractivity contribution is -0.134. The van der Waals surface area contributed by atoms with E-state index in [1.54, 1.807) is 4.90 Å². The topological polar surface area (TPSA) is 49.9 Å². The van der Waals surface area contributed by atoms with E-state index in [9.17, 15) is 9.59 Å². The largest absolute Gasteiger partial charge is 0.453 e. The van der Waals surface area contributed by atoms with Gasteiger partial charge in [0, 0.05) is 32.1 Å². The Hall–Kier alpha value is -1.26. The Balaban J connectivity index is 2.52. The first-order chi connectivity index (χ1) is 7.56. The van der Waals surface area contributed by atoms with Crippen LogP contribution in [0.2, 0.25) is 0 Å². The Labute approximate surface area is 96.3 Å². The normalized spacial score (nSPS) is 17.2. The lowest BCUT2D eigenvalue weighted by Crippen LogP contribution is -2.38. The molecule has 0 spiro atoms. The number of carbonyl (C=O) groups excluding carboxylic acids is 2. The summed E-state index contributed by atoms with van der Waals surface area (Å²) in [7, 11) is 1.38. The minimum Gasteiger partial charge on any atom is -0.453 e. The van der Waals surface area contributed by atoms with Gasteiger partial charge in [-0.2, -0.15) is 0 Å². The van der Waals surface area contributed by atoms with Crippen molar-refractivity contribution in [2.75, 3.05) is 33.3 Å². The average Bonchev–Trinajstić information content (AvgIpc) is 2.52. The van der Waals surface area contributed by atoms with E-state index in [0.717, 1.165) is 13.0 Å². The smallest absolute Gasteiger partial charge is 0.409 e. The second-order valence-corrected chi connectivity index (χ2v) is 4.29. The van der Waals surface area contributed by atoms with Gasteiger partial charge in [0.25, 0.3) is 0 Å². The predicted octanol–water partition coefficient (Wildman–Crippen LogP) is 0.943. The maximum absolute atomic E-state index is 11.8. The van der Waals surface area contributed by atoms with E-state index < -0.39 is 0 Å². The number of ether oxygens (including phenoxy) is 1. The number of nitrogens with zero attached hydrogens (tertiary/aromatic N) is 2. The zero-order valence-electron chi connectivity index (χ0n) is 10.2. The number of hydrogen-bond donors (Lipinski definition) is 0. The first kappa shape index (κ1) is 12.8. The molecule has 5 nitrogen and oxygen atoms in total. The van der Waals surface area contributed by atoms with E-state index in [1.807, 2.05) is 18.7 Å². The van der Waals surface area contributed by atoms with Crippen LogP contribution in [0.15, 0.2) is 0 Å². The number of carbonyl (C=O) groups is 2. The van der Waals surface area contributed by atoms with Crippen LogP contribution in [0.4, 0.5) is 4.79 Å². The molecule has 1 saturated heterocycles. The summed E-state index contributed by atoms with van der Waals surface area (Å²) >= 11 is 0. The van der Waals surface area contributed by atoms with Crippen molar-refractivity contribution in [3.8, 4) is 0 Å². The molecule has 2 amide bonds. The highest BCUT2D eigenvalue weighted by molar-refractivity contribution is 5.78. The molecule has 5 heteroatoms. The maximum Gasteiger partial charge on any atom is 0.409 e. The highest BCUT2D eigenvalue weighted by atomic mass is 16.5. The van der Waals surface area contributed by atoms with E-state index in [2.05, 4.69) is 4.74 Å². The second kappa shape index (κ2) is 5.72. The molecule has 0 atom stereocenters. The molecule has 16 heavy (non-hydrogen) atoms. The quantitative estimate of drug-likeness (QED) is 0.671. The van der Waals surface area contributed by atoms with Crippen LogP contribution in [0.5, 0.6) is 0 Å². The van der Waals surface area contributed by atoms with Gasteiger partial charge in [0.15, 0.2) is 0 Å². The Morgan fingerprint density at radius 2 is 1.62 bits per heavy atom. The van der Waals surface area contributed by atoms with Gasteiger partial charge >= 0.3 is 6.09 Å². The van der Waals surface area contributed by atoms with Crippen molar-refractivity contribution in [2.24, 2.45) is 5.92 Å². The summed E-state index contributed by atoms with van der Waals surface area (Å²) in [6.45, 7) is 6.34. The van der Waals surface area contributed by atoms with Gasteiger partial charge in [0.1, 0.15) is 0 Å². The fourth-order valence-electron chi connectivity index (χ4n) is 1.81. The van der Waals surface area contributed by atoms with Crippen molar-refractivity contribution in [3.63, 3.8) is 0 Å². The molecule has 1 aliphatic heterocycles. The van der Waals surface area contributed by atoms with Gasteiger partial charge in [-0.15, -0.1) is 0 Å². The third kappa shape index (κ3) is 3.12. The third-order valence-corrected chi connectivity index (χ3v) is 2.73. The predicted molar refractivity (Wildman–Crippen MR) is 60.0 cm³/mol. The second-order valence-electron chi connectivity index (χ2n) is 4.29. The van der Waals surface area contributed by atoms with E-state index in [4.69, 9.17) is 0 Å². The summed E-state index contributed by atoms with van der Waals surface area (Å²) in [5, 5.41) is 0. The number of amides is 2. The Kier molecular flexibility index (Phi) is 4.58. The average molecular weight is 228 g/mol. The van der Waals surface area contributed by atoms with Crippen LogP contribution in [0, 0.1) is 5.92 Å². The van der Waals surface area contributed by atoms with Crippen LogP contribution >= 0.6 is 0 Å². The lowest BCUT2D eigenvalue weighted by atomic mass is 10.2. The molecule has 1 heterocycles. The van der Waals surface area contributed by atoms with Gasteiger partial charge in [-0.3, -0.25) is 4.79 Å². The Morgan fingerprint density at radius 3 is 2.19 bits per heavy atom. The lowest BCUT2D eigenvalue weighted by Gasteiger charge is -2.22. The van der Waals surface area contributed by atoms with E-state index in [0.29, 0.717) is 19.6 Å². The Morgan fingerprint density at radius 1 is 1.06 bits per heavy atom. The summed E-state index contributed by atoms with van der Waals surface area (Å²) < 4.78 is 4.67. The van der Waals surface area contributed by atoms with E-state index in [1.165, 1.54) is 7.11 Å². The van der Waals surface area contributed by atoms with Crippen LogP contribution in [-0.2, 0) is 9.53 Å². The van der Waals surface area contributed by atoms with E-state index in [-0.39, 0.29) is 17.9 Å². The molecule has 0 aromatic rings. The van der Waals surface area contributed by atoms with Crippen LogP contribution in [0.3, 0.4) is 0 Å². The molecule has 1 rings (SSSR count). The molecule has 0 aromatic carbocycles. The van der Waals surface area contributed by atoms with Gasteiger partial charge < -0.3 is 14.5 Å². The Bertz CT molecular complexity index is 266. The van der Waals surface area contributed by atoms with Gasteiger partial charge in [-0.1, -0.05) is 13.8 Å². The highest BCUT2D eigenvalue weighted by Crippen LogP contribution is 2.08. The molecule has 1 aliphatic rings. The highest BCUT2D eigenvalue weighted by Gasteiger charge is 2.23. The van der Waals surface area contributed by atoms with Gasteiger partial charge in [-0.05, 0) is 6.42 Å². The number of hydrogen-bond acceptors (Lipinski definition) is 3. The zero-order valence-corrected chi connectivity index (χ0v) is 10.2. The summed E-state index contributed by atoms with van der Waals surface area (Å²) in [5.74, 6) is 0.177. The molecule has 92 valence electrons. The molecule has 0 bridgehead atoms. The molecule has 0 aliphatic carbocycles. The fourth-order valence-corrected chi connectivity index (χ4v) is 1.81. The monoisotopic (exact) mass is 228 g/mol. The first-order valence-electron chi connectivity index (χ1n) is 5.68. The summed E-state index contributed by atoms with van der Waals surface area (Å²) in [6.07, 6.45) is 0.506. The molecule has 1 fully saturated rings. The molecular weight excluding hydrogens is 208 g/mol. The third-order valence-electron chi connectivity index (χ3n) is 2.73. The molecule has 0 saturated carbocycles. The van der Waals surface area contributed by atoms with E-state index >= 15 is 0 Å². The van der Waals surface area contributed by atoms with Crippen molar-refractivity contribution in [1.82, 2.24) is 9.80 Å². The van der Waals surface area contributed by atoms with Crippen molar-refractivity contribution >= 4 is 12.0 Å². The zero-order chi connectivity index (χ0) is 12.1. The van der Waals surface area contributed by atoms with Gasteiger partial charge in [0.2, 0.25) is 5.91 Å². The molecule has 0 aromatic heterocycles. The first-order valence-corrected chi connectivity index (χ1v) is 5.68. The molecule has 0 radical (unpaired) electrons. The van der Waals surface area contributed by atoms with Crippen molar-refractivity contribution in [2.45, 2.75) is 20.3 Å². The number of rotatable bonds is 1. The molecular formula is C11H20N2O3. The molecule has 0 unspecified atom stereocenters. The fraction of sp³-hybridized carbons (Fsp3) is 0.818. The minimum atomic E-state index is -0.307. The van der Waals surface area contributed by atoms with Crippen molar-refractivity contribution < 1.29 is 14.3 Å². The minimum absolute atomic E-state index is 0.0182. The van der Waals surface area contributed by atoms with Crippen molar-refractivity contribution in [3.05, 3.63) is 0 Å². The van der Waals surface area contributed by atoms with Crippen molar-refractivity contribution in [1.29, 1.82) is 0 Å². The van der Waals surface area contributed by atoms with Gasteiger partial charge in [0.05, 0.1) is 7.11 Å². The van der Waals surface area contributed by atoms with Crippen LogP contribution < -0.4 is 0 Å². The molecule has 0 N–H and O–H groups in total. The summed E-state index contributed by atoms with van der Waals surface area (Å²) in [4.78, 5) is 26.6. The summed E-state index contributed by atoms with van der Waals surface area (Å²) in [6, 6.07) is 0. The standard InChI is InChI=1S/C11H20N2O3/c1-9(2)10(14)12-5-4-6-13(8-7-12)11(15)16-3/h9H,4-8H2,1-3H3.